The zero-order valence-electron chi connectivity index (χ0n) is 9.94. The lowest BCUT2D eigenvalue weighted by atomic mass is 10.0. The van der Waals surface area contributed by atoms with Gasteiger partial charge in [0, 0.05) is 6.07 Å². The Hall–Kier alpha value is -2.25. The summed E-state index contributed by atoms with van der Waals surface area (Å²) in [5.41, 5.74) is -1.41. The second-order valence-electron chi connectivity index (χ2n) is 3.92. The van der Waals surface area contributed by atoms with Crippen molar-refractivity contribution in [1.29, 1.82) is 0 Å². The molecule has 0 heterocycles. The maximum absolute atomic E-state index is 13.6. The van der Waals surface area contributed by atoms with E-state index in [9.17, 15) is 30.7 Å². The molecule has 0 aliphatic heterocycles. The number of halogens is 7. The third-order valence-electron chi connectivity index (χ3n) is 2.47. The van der Waals surface area contributed by atoms with Crippen molar-refractivity contribution in [3.05, 3.63) is 53.6 Å². The van der Waals surface area contributed by atoms with Gasteiger partial charge in [-0.3, -0.25) is 0 Å². The molecule has 0 unspecified atom stereocenters. The molecule has 0 bridgehead atoms. The number of ether oxygens (including phenoxy) is 1. The molecule has 8 heteroatoms. The van der Waals surface area contributed by atoms with Crippen LogP contribution in [0.4, 0.5) is 30.7 Å². The van der Waals surface area contributed by atoms with E-state index in [-0.39, 0.29) is 6.07 Å². The van der Waals surface area contributed by atoms with E-state index in [4.69, 9.17) is 0 Å². The summed E-state index contributed by atoms with van der Waals surface area (Å²) >= 11 is 0. The molecule has 0 amide bonds. The molecule has 0 N–H and O–H groups in total. The van der Waals surface area contributed by atoms with Crippen LogP contribution >= 0.6 is 0 Å². The van der Waals surface area contributed by atoms with Gasteiger partial charge in [0.2, 0.25) is 0 Å². The molecule has 0 fully saturated rings. The minimum absolute atomic E-state index is 0.102. The molecule has 0 atom stereocenters. The molecule has 2 rings (SSSR count). The SMILES string of the molecule is Fc1cc(F)c(-c2cccc(OC(F)(F)F)c2)c(F)c1F. The molecule has 0 aliphatic rings. The molecule has 0 spiro atoms. The average molecular weight is 310 g/mol. The van der Waals surface area contributed by atoms with Crippen LogP contribution in [0.5, 0.6) is 5.75 Å². The molecular formula is C13H5F7O. The van der Waals surface area contributed by atoms with Crippen molar-refractivity contribution in [2.75, 3.05) is 0 Å². The van der Waals surface area contributed by atoms with Gasteiger partial charge in [-0.1, -0.05) is 12.1 Å². The molecule has 0 aromatic heterocycles. The van der Waals surface area contributed by atoms with E-state index in [0.29, 0.717) is 6.07 Å². The van der Waals surface area contributed by atoms with Crippen molar-refractivity contribution in [2.24, 2.45) is 0 Å². The summed E-state index contributed by atoms with van der Waals surface area (Å²) < 4.78 is 92.8. The van der Waals surface area contributed by atoms with Crippen LogP contribution in [-0.4, -0.2) is 6.36 Å². The lowest BCUT2D eigenvalue weighted by Crippen LogP contribution is -2.17. The molecule has 0 saturated heterocycles. The third-order valence-corrected chi connectivity index (χ3v) is 2.47. The first-order valence-corrected chi connectivity index (χ1v) is 5.38. The quantitative estimate of drug-likeness (QED) is 0.439. The molecule has 112 valence electrons. The van der Waals surface area contributed by atoms with Crippen LogP contribution < -0.4 is 4.74 Å². The lowest BCUT2D eigenvalue weighted by molar-refractivity contribution is -0.274. The summed E-state index contributed by atoms with van der Waals surface area (Å²) in [6.45, 7) is 0. The summed E-state index contributed by atoms with van der Waals surface area (Å²) in [5, 5.41) is 0. The normalized spacial score (nSPS) is 11.6. The van der Waals surface area contributed by atoms with Gasteiger partial charge in [0.05, 0.1) is 5.56 Å². The monoisotopic (exact) mass is 310 g/mol. The van der Waals surface area contributed by atoms with Crippen LogP contribution in [0.2, 0.25) is 0 Å². The predicted octanol–water partition coefficient (Wildman–Crippen LogP) is 4.81. The Morgan fingerprint density at radius 1 is 0.810 bits per heavy atom. The van der Waals surface area contributed by atoms with Crippen molar-refractivity contribution < 1.29 is 35.5 Å². The summed E-state index contributed by atoms with van der Waals surface area (Å²) in [4.78, 5) is 0. The van der Waals surface area contributed by atoms with Gasteiger partial charge in [-0.05, 0) is 17.7 Å². The minimum Gasteiger partial charge on any atom is -0.406 e. The van der Waals surface area contributed by atoms with E-state index < -0.39 is 46.5 Å². The standard InChI is InChI=1S/C13H5F7O/c14-8-5-9(15)11(16)12(17)10(8)6-2-1-3-7(4-6)21-13(18,19)20/h1-5H. The Morgan fingerprint density at radius 3 is 2.10 bits per heavy atom. The number of hydrogen-bond acceptors (Lipinski definition) is 1. The molecule has 0 aliphatic carbocycles. The molecule has 0 saturated carbocycles. The zero-order chi connectivity index (χ0) is 15.8. The van der Waals surface area contributed by atoms with Crippen LogP contribution in [0.25, 0.3) is 11.1 Å². The highest BCUT2D eigenvalue weighted by atomic mass is 19.4. The van der Waals surface area contributed by atoms with Crippen molar-refractivity contribution >= 4 is 0 Å². The molecule has 0 radical (unpaired) electrons. The fourth-order valence-electron chi connectivity index (χ4n) is 1.68. The molecule has 21 heavy (non-hydrogen) atoms. The van der Waals surface area contributed by atoms with Crippen LogP contribution in [-0.2, 0) is 0 Å². The van der Waals surface area contributed by atoms with Crippen molar-refractivity contribution in [1.82, 2.24) is 0 Å². The highest BCUT2D eigenvalue weighted by Gasteiger charge is 2.31. The fraction of sp³-hybridized carbons (Fsp3) is 0.0769. The third kappa shape index (κ3) is 3.26. The largest absolute Gasteiger partial charge is 0.573 e. The first kappa shape index (κ1) is 15.1. The Kier molecular flexibility index (Phi) is 3.80. The van der Waals surface area contributed by atoms with Crippen LogP contribution in [0, 0.1) is 23.3 Å². The minimum atomic E-state index is -5.00. The summed E-state index contributed by atoms with van der Waals surface area (Å²) in [5.74, 6) is -7.69. The van der Waals surface area contributed by atoms with Crippen molar-refractivity contribution in [3.63, 3.8) is 0 Å². The zero-order valence-corrected chi connectivity index (χ0v) is 9.94. The highest BCUT2D eigenvalue weighted by molar-refractivity contribution is 5.66. The number of benzene rings is 2. The van der Waals surface area contributed by atoms with E-state index in [0.717, 1.165) is 18.2 Å². The Labute approximate surface area is 113 Å². The van der Waals surface area contributed by atoms with E-state index in [1.807, 2.05) is 0 Å². The second-order valence-corrected chi connectivity index (χ2v) is 3.92. The van der Waals surface area contributed by atoms with Crippen molar-refractivity contribution in [2.45, 2.75) is 6.36 Å². The summed E-state index contributed by atoms with van der Waals surface area (Å²) in [7, 11) is 0. The Bertz CT molecular complexity index is 679. The Morgan fingerprint density at radius 2 is 1.48 bits per heavy atom. The molecule has 1 nitrogen and oxygen atoms in total. The van der Waals surface area contributed by atoms with Gasteiger partial charge in [0.1, 0.15) is 11.6 Å². The Balaban J connectivity index is 2.53. The lowest BCUT2D eigenvalue weighted by Gasteiger charge is -2.11. The average Bonchev–Trinajstić information content (AvgIpc) is 2.34. The van der Waals surface area contributed by atoms with Gasteiger partial charge < -0.3 is 4.74 Å². The highest BCUT2D eigenvalue weighted by Crippen LogP contribution is 2.32. The molecular weight excluding hydrogens is 305 g/mol. The number of hydrogen-bond donors (Lipinski definition) is 0. The maximum Gasteiger partial charge on any atom is 0.573 e. The predicted molar refractivity (Wildman–Crippen MR) is 58.4 cm³/mol. The molecule has 2 aromatic carbocycles. The van der Waals surface area contributed by atoms with Gasteiger partial charge in [0.15, 0.2) is 17.5 Å². The number of alkyl halides is 3. The van der Waals surface area contributed by atoms with Crippen molar-refractivity contribution in [3.8, 4) is 16.9 Å². The first-order chi connectivity index (χ1) is 9.69. The van der Waals surface area contributed by atoms with Gasteiger partial charge in [-0.15, -0.1) is 13.2 Å². The van der Waals surface area contributed by atoms with Gasteiger partial charge in [-0.2, -0.15) is 0 Å². The number of rotatable bonds is 2. The molecule has 2 aromatic rings. The maximum atomic E-state index is 13.6. The van der Waals surface area contributed by atoms with E-state index >= 15 is 0 Å². The first-order valence-electron chi connectivity index (χ1n) is 5.38. The van der Waals surface area contributed by atoms with Gasteiger partial charge in [-0.25, -0.2) is 17.6 Å². The van der Waals surface area contributed by atoms with E-state index in [1.54, 1.807) is 0 Å². The topological polar surface area (TPSA) is 9.23 Å². The summed E-state index contributed by atoms with van der Waals surface area (Å²) in [6.07, 6.45) is -5.00. The van der Waals surface area contributed by atoms with E-state index in [1.165, 1.54) is 0 Å². The fourth-order valence-corrected chi connectivity index (χ4v) is 1.68. The second kappa shape index (κ2) is 5.27. The van der Waals surface area contributed by atoms with Gasteiger partial charge in [0.25, 0.3) is 0 Å². The van der Waals surface area contributed by atoms with Gasteiger partial charge >= 0.3 is 6.36 Å². The smallest absolute Gasteiger partial charge is 0.406 e. The van der Waals surface area contributed by atoms with Crippen LogP contribution in [0.15, 0.2) is 30.3 Å². The summed E-state index contributed by atoms with van der Waals surface area (Å²) in [6, 6.07) is 3.71. The van der Waals surface area contributed by atoms with E-state index in [2.05, 4.69) is 4.74 Å². The van der Waals surface area contributed by atoms with Crippen LogP contribution in [0.3, 0.4) is 0 Å². The van der Waals surface area contributed by atoms with Crippen LogP contribution in [0.1, 0.15) is 0 Å².